The minimum atomic E-state index is -0.335. The number of methoxy groups -OCH3 is 1. The first-order valence-corrected chi connectivity index (χ1v) is 7.71. The van der Waals surface area contributed by atoms with Gasteiger partial charge in [-0.3, -0.25) is 0 Å². The number of benzene rings is 2. The van der Waals surface area contributed by atoms with E-state index >= 15 is 0 Å². The van der Waals surface area contributed by atoms with Gasteiger partial charge in [-0.1, -0.05) is 6.07 Å². The Morgan fingerprint density at radius 2 is 1.69 bits per heavy atom. The van der Waals surface area contributed by atoms with Crippen LogP contribution in [0.4, 0.5) is 10.3 Å². The summed E-state index contributed by atoms with van der Waals surface area (Å²) in [6.45, 7) is 0. The molecule has 0 atom stereocenters. The van der Waals surface area contributed by atoms with Crippen LogP contribution >= 0.6 is 0 Å². The molecular weight excluding hydrogens is 335 g/mol. The molecule has 2 N–H and O–H groups in total. The van der Waals surface area contributed by atoms with Gasteiger partial charge in [0.25, 0.3) is 0 Å². The van der Waals surface area contributed by atoms with Crippen molar-refractivity contribution >= 4 is 16.9 Å². The van der Waals surface area contributed by atoms with Gasteiger partial charge in [0.2, 0.25) is 11.8 Å². The molecule has 0 aliphatic carbocycles. The zero-order chi connectivity index (χ0) is 18.1. The van der Waals surface area contributed by atoms with Crippen LogP contribution in [0.25, 0.3) is 33.4 Å². The maximum Gasteiger partial charge on any atom is 0.240 e. The summed E-state index contributed by atoms with van der Waals surface area (Å²) in [5.41, 5.74) is 8.89. The maximum absolute atomic E-state index is 13.3. The highest BCUT2D eigenvalue weighted by molar-refractivity contribution is 5.89. The van der Waals surface area contributed by atoms with Crippen LogP contribution in [0.15, 0.2) is 48.8 Å². The maximum atomic E-state index is 13.3. The van der Waals surface area contributed by atoms with Gasteiger partial charge in [0.1, 0.15) is 23.5 Å². The lowest BCUT2D eigenvalue weighted by Gasteiger charge is -2.10. The second kappa shape index (κ2) is 6.32. The van der Waals surface area contributed by atoms with E-state index in [2.05, 4.69) is 25.1 Å². The zero-order valence-corrected chi connectivity index (χ0v) is 13.7. The van der Waals surface area contributed by atoms with Crippen LogP contribution in [0, 0.1) is 5.82 Å². The number of nitrogens with zero attached hydrogens (tertiary/aromatic N) is 5. The lowest BCUT2D eigenvalue weighted by Crippen LogP contribution is -2.02. The summed E-state index contributed by atoms with van der Waals surface area (Å²) in [6, 6.07) is 11.5. The van der Waals surface area contributed by atoms with Gasteiger partial charge in [0, 0.05) is 11.1 Å². The summed E-state index contributed by atoms with van der Waals surface area (Å²) in [5, 5.41) is 8.79. The Morgan fingerprint density at radius 3 is 2.46 bits per heavy atom. The molecule has 2 heterocycles. The summed E-state index contributed by atoms with van der Waals surface area (Å²) in [7, 11) is 1.54. The molecule has 128 valence electrons. The van der Waals surface area contributed by atoms with Gasteiger partial charge in [0.15, 0.2) is 0 Å². The van der Waals surface area contributed by atoms with Crippen molar-refractivity contribution in [1.29, 1.82) is 0 Å². The molecular formula is C18H13FN6O. The highest BCUT2D eigenvalue weighted by atomic mass is 19.1. The molecule has 8 heteroatoms. The van der Waals surface area contributed by atoms with Crippen LogP contribution in [0.5, 0.6) is 5.88 Å². The van der Waals surface area contributed by atoms with Crippen LogP contribution in [-0.4, -0.2) is 32.3 Å². The van der Waals surface area contributed by atoms with E-state index < -0.39 is 0 Å². The summed E-state index contributed by atoms with van der Waals surface area (Å²) in [6.07, 6.45) is 1.44. The van der Waals surface area contributed by atoms with Gasteiger partial charge in [-0.2, -0.15) is 0 Å². The fourth-order valence-corrected chi connectivity index (χ4v) is 2.68. The summed E-state index contributed by atoms with van der Waals surface area (Å²) >= 11 is 0. The average Bonchev–Trinajstić information content (AvgIpc) is 2.67. The van der Waals surface area contributed by atoms with Crippen LogP contribution < -0.4 is 10.5 Å². The highest BCUT2D eigenvalue weighted by Gasteiger charge is 2.15. The van der Waals surface area contributed by atoms with Crippen molar-refractivity contribution in [2.24, 2.45) is 0 Å². The van der Waals surface area contributed by atoms with E-state index in [4.69, 9.17) is 10.5 Å². The molecule has 0 aliphatic heterocycles. The van der Waals surface area contributed by atoms with Crippen LogP contribution in [0.2, 0.25) is 0 Å². The number of nitrogen functional groups attached to an aromatic ring is 1. The summed E-state index contributed by atoms with van der Waals surface area (Å²) < 4.78 is 18.6. The SMILES string of the molecule is COc1ncnc2ccc(-c3nnc(N)nc3-c3ccc(F)cc3)cc12. The van der Waals surface area contributed by atoms with Crippen LogP contribution in [0.1, 0.15) is 0 Å². The molecule has 4 rings (SSSR count). The molecule has 2 aromatic carbocycles. The quantitative estimate of drug-likeness (QED) is 0.607. The van der Waals surface area contributed by atoms with Crippen molar-refractivity contribution in [2.45, 2.75) is 0 Å². The highest BCUT2D eigenvalue weighted by Crippen LogP contribution is 2.32. The molecule has 0 bridgehead atoms. The fraction of sp³-hybridized carbons (Fsp3) is 0.0556. The van der Waals surface area contributed by atoms with Crippen molar-refractivity contribution < 1.29 is 9.13 Å². The third-order valence-electron chi connectivity index (χ3n) is 3.89. The number of rotatable bonds is 3. The number of nitrogens with two attached hydrogens (primary N) is 1. The van der Waals surface area contributed by atoms with Gasteiger partial charge in [-0.05, 0) is 36.4 Å². The Kier molecular flexibility index (Phi) is 3.85. The number of hydrogen-bond acceptors (Lipinski definition) is 7. The van der Waals surface area contributed by atoms with E-state index in [1.807, 2.05) is 18.2 Å². The minimum absolute atomic E-state index is 0.0368. The van der Waals surface area contributed by atoms with Gasteiger partial charge < -0.3 is 10.5 Å². The van der Waals surface area contributed by atoms with Crippen molar-refractivity contribution in [3.8, 4) is 28.4 Å². The van der Waals surface area contributed by atoms with Crippen molar-refractivity contribution in [2.75, 3.05) is 12.8 Å². The van der Waals surface area contributed by atoms with Gasteiger partial charge >= 0.3 is 0 Å². The number of hydrogen-bond donors (Lipinski definition) is 1. The topological polar surface area (TPSA) is 99.7 Å². The molecule has 0 spiro atoms. The fourth-order valence-electron chi connectivity index (χ4n) is 2.68. The number of ether oxygens (including phenoxy) is 1. The lowest BCUT2D eigenvalue weighted by molar-refractivity contribution is 0.402. The van der Waals surface area contributed by atoms with Crippen LogP contribution in [0.3, 0.4) is 0 Å². The number of halogens is 1. The van der Waals surface area contributed by atoms with E-state index in [9.17, 15) is 4.39 Å². The number of aromatic nitrogens is 5. The van der Waals surface area contributed by atoms with E-state index in [1.54, 1.807) is 19.2 Å². The van der Waals surface area contributed by atoms with E-state index in [0.717, 1.165) is 16.5 Å². The van der Waals surface area contributed by atoms with Crippen molar-refractivity contribution in [3.05, 3.63) is 54.6 Å². The van der Waals surface area contributed by atoms with Crippen molar-refractivity contribution in [3.63, 3.8) is 0 Å². The Bertz CT molecular complexity index is 1100. The first-order valence-electron chi connectivity index (χ1n) is 7.71. The smallest absolute Gasteiger partial charge is 0.240 e. The second-order valence-corrected chi connectivity index (χ2v) is 5.49. The third-order valence-corrected chi connectivity index (χ3v) is 3.89. The largest absolute Gasteiger partial charge is 0.480 e. The molecule has 0 fully saturated rings. The van der Waals surface area contributed by atoms with E-state index in [1.165, 1.54) is 18.5 Å². The standard InChI is InChI=1S/C18H13FN6O/c1-26-17-13-8-11(4-7-14(13)21-9-22-17)16-15(23-18(20)25-24-16)10-2-5-12(19)6-3-10/h2-9H,1H3,(H2,20,23,25). The average molecular weight is 348 g/mol. The summed E-state index contributed by atoms with van der Waals surface area (Å²) in [4.78, 5) is 12.6. The molecule has 0 radical (unpaired) electrons. The van der Waals surface area contributed by atoms with E-state index in [0.29, 0.717) is 22.8 Å². The molecule has 2 aromatic heterocycles. The molecule has 0 amide bonds. The molecule has 0 saturated heterocycles. The molecule has 0 saturated carbocycles. The molecule has 4 aromatic rings. The van der Waals surface area contributed by atoms with E-state index in [-0.39, 0.29) is 11.8 Å². The second-order valence-electron chi connectivity index (χ2n) is 5.49. The Morgan fingerprint density at radius 1 is 0.923 bits per heavy atom. The van der Waals surface area contributed by atoms with Crippen LogP contribution in [-0.2, 0) is 0 Å². The predicted molar refractivity (Wildman–Crippen MR) is 94.7 cm³/mol. The Labute approximate surface area is 147 Å². The molecule has 7 nitrogen and oxygen atoms in total. The lowest BCUT2D eigenvalue weighted by atomic mass is 10.0. The van der Waals surface area contributed by atoms with Gasteiger partial charge in [0.05, 0.1) is 18.0 Å². The Hall–Kier alpha value is -3.68. The molecule has 0 aliphatic rings. The first-order chi connectivity index (χ1) is 12.7. The summed E-state index contributed by atoms with van der Waals surface area (Å²) in [5.74, 6) is 0.157. The van der Waals surface area contributed by atoms with Gasteiger partial charge in [-0.25, -0.2) is 19.3 Å². The number of fused-ring (bicyclic) bond motifs is 1. The molecule has 0 unspecified atom stereocenters. The number of anilines is 1. The predicted octanol–water partition coefficient (Wildman–Crippen LogP) is 2.88. The van der Waals surface area contributed by atoms with Crippen molar-refractivity contribution in [1.82, 2.24) is 25.1 Å². The zero-order valence-electron chi connectivity index (χ0n) is 13.7. The monoisotopic (exact) mass is 348 g/mol. The Balaban J connectivity index is 1.93. The minimum Gasteiger partial charge on any atom is -0.480 e. The molecule has 26 heavy (non-hydrogen) atoms. The normalized spacial score (nSPS) is 10.8. The third kappa shape index (κ3) is 2.77. The van der Waals surface area contributed by atoms with Gasteiger partial charge in [-0.15, -0.1) is 10.2 Å². The first kappa shape index (κ1) is 15.8.